The van der Waals surface area contributed by atoms with Gasteiger partial charge in [0, 0.05) is 13.2 Å². The number of carbonyl (C=O) groups is 2. The fourth-order valence-electron chi connectivity index (χ4n) is 2.91. The molecule has 0 aromatic heterocycles. The van der Waals surface area contributed by atoms with Crippen LogP contribution in [0.15, 0.2) is 42.6 Å². The van der Waals surface area contributed by atoms with Crippen molar-refractivity contribution in [1.82, 2.24) is 9.96 Å². The third-order valence-electron chi connectivity index (χ3n) is 3.99. The van der Waals surface area contributed by atoms with Crippen molar-refractivity contribution >= 4 is 11.8 Å². The van der Waals surface area contributed by atoms with E-state index in [9.17, 15) is 9.59 Å². The van der Waals surface area contributed by atoms with Gasteiger partial charge in [-0.05, 0) is 12.0 Å². The maximum absolute atomic E-state index is 12.4. The molecule has 0 spiro atoms. The van der Waals surface area contributed by atoms with E-state index in [1.54, 1.807) is 5.06 Å². The first kappa shape index (κ1) is 13.8. The number of likely N-dealkylation sites (tertiary alicyclic amines) is 1. The number of hydroxylamine groups is 2. The van der Waals surface area contributed by atoms with Crippen LogP contribution in [-0.2, 0) is 14.4 Å². The Labute approximate surface area is 123 Å². The maximum atomic E-state index is 12.4. The van der Waals surface area contributed by atoms with Crippen molar-refractivity contribution in [3.05, 3.63) is 48.2 Å². The van der Waals surface area contributed by atoms with Crippen molar-refractivity contribution in [3.63, 3.8) is 0 Å². The first-order valence-electron chi connectivity index (χ1n) is 7.13. The van der Waals surface area contributed by atoms with Crippen LogP contribution in [0.4, 0.5) is 0 Å². The van der Waals surface area contributed by atoms with Crippen molar-refractivity contribution in [2.45, 2.75) is 25.5 Å². The van der Waals surface area contributed by atoms with Gasteiger partial charge in [0.2, 0.25) is 5.91 Å². The number of nitrogens with zero attached hydrogens (tertiary/aromatic N) is 2. The van der Waals surface area contributed by atoms with Crippen LogP contribution < -0.4 is 0 Å². The van der Waals surface area contributed by atoms with Crippen LogP contribution >= 0.6 is 0 Å². The van der Waals surface area contributed by atoms with Crippen LogP contribution in [-0.4, -0.2) is 34.9 Å². The molecule has 0 N–H and O–H groups in total. The van der Waals surface area contributed by atoms with Crippen LogP contribution in [0.2, 0.25) is 0 Å². The van der Waals surface area contributed by atoms with Gasteiger partial charge in [0.05, 0.1) is 6.04 Å². The number of amides is 2. The molecule has 0 saturated carbocycles. The van der Waals surface area contributed by atoms with Gasteiger partial charge in [0.15, 0.2) is 6.10 Å². The Bertz CT molecular complexity index is 584. The van der Waals surface area contributed by atoms with Crippen molar-refractivity contribution < 1.29 is 14.4 Å². The molecule has 2 fully saturated rings. The van der Waals surface area contributed by atoms with E-state index < -0.39 is 12.0 Å². The van der Waals surface area contributed by atoms with E-state index in [1.807, 2.05) is 49.5 Å². The van der Waals surface area contributed by atoms with Gasteiger partial charge < -0.3 is 0 Å². The lowest BCUT2D eigenvalue weighted by Crippen LogP contribution is -2.32. The molecule has 21 heavy (non-hydrogen) atoms. The van der Waals surface area contributed by atoms with Gasteiger partial charge in [-0.3, -0.25) is 24.4 Å². The Balaban J connectivity index is 2.00. The number of hydrogen-bond donors (Lipinski definition) is 0. The van der Waals surface area contributed by atoms with Gasteiger partial charge in [-0.25, -0.2) is 0 Å². The molecule has 0 radical (unpaired) electrons. The van der Waals surface area contributed by atoms with Crippen LogP contribution in [0.5, 0.6) is 0 Å². The van der Waals surface area contributed by atoms with Crippen molar-refractivity contribution in [2.75, 3.05) is 7.05 Å². The number of rotatable bonds is 3. The van der Waals surface area contributed by atoms with E-state index in [2.05, 4.69) is 0 Å². The third-order valence-corrected chi connectivity index (χ3v) is 3.99. The third kappa shape index (κ3) is 2.14. The van der Waals surface area contributed by atoms with E-state index in [4.69, 9.17) is 4.84 Å². The molecule has 2 aliphatic heterocycles. The zero-order valence-corrected chi connectivity index (χ0v) is 12.1. The molecule has 1 aromatic carbocycles. The first-order chi connectivity index (χ1) is 10.1. The van der Waals surface area contributed by atoms with E-state index in [0.29, 0.717) is 0 Å². The van der Waals surface area contributed by atoms with Gasteiger partial charge in [-0.15, -0.1) is 0 Å². The molecule has 2 aliphatic rings. The summed E-state index contributed by atoms with van der Waals surface area (Å²) in [6.45, 7) is 2.02. The van der Waals surface area contributed by atoms with E-state index in [1.165, 1.54) is 11.9 Å². The predicted molar refractivity (Wildman–Crippen MR) is 76.6 cm³/mol. The highest BCUT2D eigenvalue weighted by Gasteiger charge is 2.58. The molecule has 2 heterocycles. The summed E-state index contributed by atoms with van der Waals surface area (Å²) in [7, 11) is 1.51. The van der Waals surface area contributed by atoms with Gasteiger partial charge in [0.25, 0.3) is 5.91 Å². The molecule has 2 amide bonds. The summed E-state index contributed by atoms with van der Waals surface area (Å²) in [5, 5.41) is 1.65. The first-order valence-corrected chi connectivity index (χ1v) is 7.13. The number of likely N-dealkylation sites (N-methyl/N-ethyl adjacent to an activating group) is 1. The number of benzene rings is 1. The molecule has 3 atom stereocenters. The molecule has 5 nitrogen and oxygen atoms in total. The SMILES string of the molecule is CC/C=C/N1O[C@H]2C(=O)N(C)C(=O)[C@H]2[C@@H]1c1ccccc1. The number of carbonyl (C=O) groups excluding carboxylic acids is 2. The summed E-state index contributed by atoms with van der Waals surface area (Å²) >= 11 is 0. The average Bonchev–Trinajstić information content (AvgIpc) is 2.98. The van der Waals surface area contributed by atoms with Crippen molar-refractivity contribution in [1.29, 1.82) is 0 Å². The zero-order chi connectivity index (χ0) is 15.0. The van der Waals surface area contributed by atoms with Crippen LogP contribution in [0, 0.1) is 5.92 Å². The number of fused-ring (bicyclic) bond motifs is 1. The predicted octanol–water partition coefficient (Wildman–Crippen LogP) is 1.88. The second kappa shape index (κ2) is 5.33. The highest BCUT2D eigenvalue weighted by Crippen LogP contribution is 2.44. The Morgan fingerprint density at radius 1 is 1.19 bits per heavy atom. The molecule has 110 valence electrons. The lowest BCUT2D eigenvalue weighted by atomic mass is 9.91. The monoisotopic (exact) mass is 286 g/mol. The molecule has 0 unspecified atom stereocenters. The Morgan fingerprint density at radius 3 is 2.57 bits per heavy atom. The molecule has 1 aromatic rings. The minimum Gasteiger partial charge on any atom is -0.283 e. The lowest BCUT2D eigenvalue weighted by molar-refractivity contribution is -0.161. The molecule has 0 bridgehead atoms. The van der Waals surface area contributed by atoms with Crippen LogP contribution in [0.3, 0.4) is 0 Å². The minimum atomic E-state index is -0.714. The van der Waals surface area contributed by atoms with Gasteiger partial charge >= 0.3 is 0 Å². The fourth-order valence-corrected chi connectivity index (χ4v) is 2.91. The average molecular weight is 286 g/mol. The second-order valence-corrected chi connectivity index (χ2v) is 5.30. The Morgan fingerprint density at radius 2 is 1.90 bits per heavy atom. The normalized spacial score (nSPS) is 28.8. The lowest BCUT2D eigenvalue weighted by Gasteiger charge is -2.25. The maximum Gasteiger partial charge on any atom is 0.261 e. The Kier molecular flexibility index (Phi) is 3.51. The van der Waals surface area contributed by atoms with Gasteiger partial charge in [-0.2, -0.15) is 0 Å². The van der Waals surface area contributed by atoms with Crippen molar-refractivity contribution in [2.24, 2.45) is 5.92 Å². The highest BCUT2D eigenvalue weighted by atomic mass is 16.7. The summed E-state index contributed by atoms with van der Waals surface area (Å²) in [6, 6.07) is 9.43. The second-order valence-electron chi connectivity index (χ2n) is 5.30. The summed E-state index contributed by atoms with van der Waals surface area (Å²) in [6.07, 6.45) is 3.92. The molecular formula is C16H18N2O3. The molecule has 5 heteroatoms. The summed E-state index contributed by atoms with van der Waals surface area (Å²) < 4.78 is 0. The Hall–Kier alpha value is -2.14. The minimum absolute atomic E-state index is 0.175. The topological polar surface area (TPSA) is 49.9 Å². The van der Waals surface area contributed by atoms with Crippen molar-refractivity contribution in [3.8, 4) is 0 Å². The van der Waals surface area contributed by atoms with Crippen LogP contribution in [0.25, 0.3) is 0 Å². The number of allylic oxidation sites excluding steroid dienone is 1. The quantitative estimate of drug-likeness (QED) is 0.796. The van der Waals surface area contributed by atoms with Gasteiger partial charge in [0.1, 0.15) is 5.92 Å². The van der Waals surface area contributed by atoms with Crippen LogP contribution in [0.1, 0.15) is 24.9 Å². The molecular weight excluding hydrogens is 268 g/mol. The summed E-state index contributed by atoms with van der Waals surface area (Å²) in [5.74, 6) is -0.920. The summed E-state index contributed by atoms with van der Waals surface area (Å²) in [5.41, 5.74) is 0.974. The standard InChI is InChI=1S/C16H18N2O3/c1-3-4-10-18-13(11-8-6-5-7-9-11)12-14(21-18)16(20)17(2)15(12)19/h4-10,12-14H,3H2,1-2H3/b10-4+/t12-,13-,14+/m0/s1. The number of hydrogen-bond acceptors (Lipinski definition) is 4. The number of imide groups is 1. The summed E-state index contributed by atoms with van der Waals surface area (Å²) in [4.78, 5) is 31.4. The molecule has 2 saturated heterocycles. The van der Waals surface area contributed by atoms with Gasteiger partial charge in [-0.1, -0.05) is 43.3 Å². The smallest absolute Gasteiger partial charge is 0.261 e. The largest absolute Gasteiger partial charge is 0.283 e. The van der Waals surface area contributed by atoms with E-state index in [0.717, 1.165) is 12.0 Å². The zero-order valence-electron chi connectivity index (χ0n) is 12.1. The molecule has 0 aliphatic carbocycles. The highest BCUT2D eigenvalue weighted by molar-refractivity contribution is 6.07. The van der Waals surface area contributed by atoms with E-state index >= 15 is 0 Å². The fraction of sp³-hybridized carbons (Fsp3) is 0.375. The van der Waals surface area contributed by atoms with E-state index in [-0.39, 0.29) is 17.9 Å². The molecule has 3 rings (SSSR count).